The highest BCUT2D eigenvalue weighted by molar-refractivity contribution is 7.10. The summed E-state index contributed by atoms with van der Waals surface area (Å²) in [6.45, 7) is 1.20. The van der Waals surface area contributed by atoms with Gasteiger partial charge in [0.05, 0.1) is 6.10 Å². The Morgan fingerprint density at radius 2 is 2.00 bits per heavy atom. The summed E-state index contributed by atoms with van der Waals surface area (Å²) >= 11 is 1.03. The summed E-state index contributed by atoms with van der Waals surface area (Å²) in [5, 5.41) is 14.6. The number of anilines is 1. The number of nitrogens with two attached hydrogens (primary N) is 1. The van der Waals surface area contributed by atoms with Gasteiger partial charge in [0.15, 0.2) is 5.69 Å². The highest BCUT2D eigenvalue weighted by Crippen LogP contribution is 2.31. The molecule has 7 heteroatoms. The second-order valence-electron chi connectivity index (χ2n) is 5.47. The molecule has 1 amide bonds. The Bertz CT molecular complexity index is 638. The molecule has 116 valence electrons. The third-order valence-corrected chi connectivity index (χ3v) is 4.68. The average Bonchev–Trinajstić information content (AvgIpc) is 3.00. The van der Waals surface area contributed by atoms with Gasteiger partial charge in [0.1, 0.15) is 5.00 Å². The van der Waals surface area contributed by atoms with Gasteiger partial charge in [-0.3, -0.25) is 4.79 Å². The summed E-state index contributed by atoms with van der Waals surface area (Å²) in [6.07, 6.45) is 1.04. The molecular weight excluding hydrogens is 300 g/mol. The van der Waals surface area contributed by atoms with E-state index in [2.05, 4.69) is 9.59 Å². The van der Waals surface area contributed by atoms with E-state index < -0.39 is 6.10 Å². The second-order valence-corrected chi connectivity index (χ2v) is 6.26. The number of nitrogens with zero attached hydrogens (tertiary/aromatic N) is 3. The highest BCUT2D eigenvalue weighted by Gasteiger charge is 2.30. The predicted molar refractivity (Wildman–Crippen MR) is 84.4 cm³/mol. The van der Waals surface area contributed by atoms with Crippen molar-refractivity contribution in [3.05, 3.63) is 41.6 Å². The monoisotopic (exact) mass is 318 g/mol. The maximum atomic E-state index is 12.3. The van der Waals surface area contributed by atoms with Gasteiger partial charge in [0, 0.05) is 24.6 Å². The third kappa shape index (κ3) is 2.95. The first-order valence-electron chi connectivity index (χ1n) is 7.27. The Morgan fingerprint density at radius 3 is 2.59 bits per heavy atom. The minimum absolute atomic E-state index is 0.164. The normalized spacial score (nSPS) is 17.4. The molecule has 1 aliphatic rings. The van der Waals surface area contributed by atoms with E-state index in [1.54, 1.807) is 4.90 Å². The van der Waals surface area contributed by atoms with Gasteiger partial charge < -0.3 is 15.7 Å². The van der Waals surface area contributed by atoms with Gasteiger partial charge in [0.2, 0.25) is 0 Å². The maximum absolute atomic E-state index is 12.3. The van der Waals surface area contributed by atoms with E-state index in [0.717, 1.165) is 29.9 Å². The molecule has 3 rings (SSSR count). The van der Waals surface area contributed by atoms with Crippen LogP contribution in [0.3, 0.4) is 0 Å². The molecule has 2 aromatic rings. The quantitative estimate of drug-likeness (QED) is 0.898. The van der Waals surface area contributed by atoms with Crippen LogP contribution < -0.4 is 5.73 Å². The van der Waals surface area contributed by atoms with Gasteiger partial charge in [-0.1, -0.05) is 34.8 Å². The second kappa shape index (κ2) is 6.41. The zero-order valence-corrected chi connectivity index (χ0v) is 12.9. The Balaban J connectivity index is 1.61. The number of carbonyl (C=O) groups excluding carboxylic acids is 1. The van der Waals surface area contributed by atoms with Crippen LogP contribution in [0.15, 0.2) is 30.3 Å². The van der Waals surface area contributed by atoms with Crippen molar-refractivity contribution in [1.29, 1.82) is 0 Å². The van der Waals surface area contributed by atoms with Crippen molar-refractivity contribution in [3.63, 3.8) is 0 Å². The molecule has 0 spiro atoms. The molecule has 1 saturated heterocycles. The Labute approximate surface area is 132 Å². The zero-order chi connectivity index (χ0) is 15.5. The number of hydrogen-bond acceptors (Lipinski definition) is 6. The molecule has 0 radical (unpaired) electrons. The van der Waals surface area contributed by atoms with Crippen molar-refractivity contribution in [3.8, 4) is 0 Å². The molecule has 1 aromatic carbocycles. The molecule has 0 saturated carbocycles. The molecule has 0 aliphatic carbocycles. The molecule has 22 heavy (non-hydrogen) atoms. The number of benzene rings is 1. The minimum Gasteiger partial charge on any atom is -0.388 e. The first kappa shape index (κ1) is 14.9. The van der Waals surface area contributed by atoms with Crippen molar-refractivity contribution >= 4 is 22.4 Å². The van der Waals surface area contributed by atoms with Crippen LogP contribution in [0.1, 0.15) is 35.0 Å². The fourth-order valence-electron chi connectivity index (χ4n) is 2.84. The Morgan fingerprint density at radius 1 is 1.32 bits per heavy atom. The molecule has 1 aliphatic heterocycles. The van der Waals surface area contributed by atoms with E-state index >= 15 is 0 Å². The molecule has 1 atom stereocenters. The number of nitrogen functional groups attached to an aromatic ring is 1. The number of hydrogen-bond donors (Lipinski definition) is 2. The van der Waals surface area contributed by atoms with Crippen LogP contribution in [0.5, 0.6) is 0 Å². The number of aromatic nitrogens is 2. The SMILES string of the molecule is Nc1snnc1C(=O)N1CCC(C(O)c2ccccc2)CC1. The number of aliphatic hydroxyl groups is 1. The van der Waals surface area contributed by atoms with Crippen LogP contribution in [0.4, 0.5) is 5.00 Å². The number of aliphatic hydroxyl groups excluding tert-OH is 1. The van der Waals surface area contributed by atoms with Crippen LogP contribution in [-0.4, -0.2) is 38.6 Å². The number of carbonyl (C=O) groups is 1. The number of piperidine rings is 1. The fourth-order valence-corrected chi connectivity index (χ4v) is 3.26. The van der Waals surface area contributed by atoms with E-state index in [0.29, 0.717) is 18.1 Å². The van der Waals surface area contributed by atoms with Gasteiger partial charge in [-0.15, -0.1) is 5.10 Å². The van der Waals surface area contributed by atoms with Crippen LogP contribution in [0.2, 0.25) is 0 Å². The molecule has 6 nitrogen and oxygen atoms in total. The van der Waals surface area contributed by atoms with Gasteiger partial charge in [0.25, 0.3) is 5.91 Å². The molecule has 1 aromatic heterocycles. The summed E-state index contributed by atoms with van der Waals surface area (Å²) in [6, 6.07) is 9.65. The van der Waals surface area contributed by atoms with Crippen LogP contribution >= 0.6 is 11.5 Å². The summed E-state index contributed by atoms with van der Waals surface area (Å²) in [7, 11) is 0. The molecule has 3 N–H and O–H groups in total. The lowest BCUT2D eigenvalue weighted by Gasteiger charge is -2.34. The van der Waals surface area contributed by atoms with E-state index in [9.17, 15) is 9.90 Å². The first-order valence-corrected chi connectivity index (χ1v) is 8.04. The Kier molecular flexibility index (Phi) is 4.35. The summed E-state index contributed by atoms with van der Waals surface area (Å²) in [5.74, 6) is -0.00347. The van der Waals surface area contributed by atoms with Crippen LogP contribution in [0.25, 0.3) is 0 Å². The fraction of sp³-hybridized carbons (Fsp3) is 0.400. The summed E-state index contributed by atoms with van der Waals surface area (Å²) in [4.78, 5) is 14.1. The molecule has 1 unspecified atom stereocenters. The molecule has 2 heterocycles. The molecule has 0 bridgehead atoms. The Hall–Kier alpha value is -1.99. The molecule has 1 fully saturated rings. The summed E-state index contributed by atoms with van der Waals surface area (Å²) < 4.78 is 3.70. The van der Waals surface area contributed by atoms with Crippen molar-refractivity contribution in [2.24, 2.45) is 5.92 Å². The number of rotatable bonds is 3. The largest absolute Gasteiger partial charge is 0.388 e. The maximum Gasteiger partial charge on any atom is 0.277 e. The zero-order valence-electron chi connectivity index (χ0n) is 12.1. The standard InChI is InChI=1S/C15H18N4O2S/c16-14-12(17-18-22-14)15(21)19-8-6-11(7-9-19)13(20)10-4-2-1-3-5-10/h1-5,11,13,20H,6-9,16H2. The van der Waals surface area contributed by atoms with E-state index in [1.807, 2.05) is 30.3 Å². The van der Waals surface area contributed by atoms with Crippen LogP contribution in [0, 0.1) is 5.92 Å². The average molecular weight is 318 g/mol. The predicted octanol–water partition coefficient (Wildman–Crippen LogP) is 1.71. The van der Waals surface area contributed by atoms with Crippen molar-refractivity contribution in [2.75, 3.05) is 18.8 Å². The van der Waals surface area contributed by atoms with Gasteiger partial charge in [-0.05, 0) is 24.3 Å². The minimum atomic E-state index is -0.482. The van der Waals surface area contributed by atoms with Crippen molar-refractivity contribution in [2.45, 2.75) is 18.9 Å². The van der Waals surface area contributed by atoms with Crippen molar-refractivity contribution < 1.29 is 9.90 Å². The van der Waals surface area contributed by atoms with Crippen molar-refractivity contribution in [1.82, 2.24) is 14.5 Å². The van der Waals surface area contributed by atoms with E-state index in [-0.39, 0.29) is 17.5 Å². The topological polar surface area (TPSA) is 92.3 Å². The van der Waals surface area contributed by atoms with Gasteiger partial charge in [-0.25, -0.2) is 0 Å². The van der Waals surface area contributed by atoms with Gasteiger partial charge >= 0.3 is 0 Å². The van der Waals surface area contributed by atoms with E-state index in [1.165, 1.54) is 0 Å². The lowest BCUT2D eigenvalue weighted by molar-refractivity contribution is 0.0459. The first-order chi connectivity index (χ1) is 10.7. The lowest BCUT2D eigenvalue weighted by atomic mass is 9.87. The number of amides is 1. The van der Waals surface area contributed by atoms with Gasteiger partial charge in [-0.2, -0.15) is 0 Å². The third-order valence-electron chi connectivity index (χ3n) is 4.13. The number of likely N-dealkylation sites (tertiary alicyclic amines) is 1. The summed E-state index contributed by atoms with van der Waals surface area (Å²) in [5.41, 5.74) is 6.88. The van der Waals surface area contributed by atoms with E-state index in [4.69, 9.17) is 5.73 Å². The molecular formula is C15H18N4O2S. The smallest absolute Gasteiger partial charge is 0.277 e. The van der Waals surface area contributed by atoms with Crippen LogP contribution in [-0.2, 0) is 0 Å². The lowest BCUT2D eigenvalue weighted by Crippen LogP contribution is -2.40. The highest BCUT2D eigenvalue weighted by atomic mass is 32.1.